The summed E-state index contributed by atoms with van der Waals surface area (Å²) in [5.41, 5.74) is 0.732. The van der Waals surface area contributed by atoms with Crippen molar-refractivity contribution in [1.82, 2.24) is 0 Å². The summed E-state index contributed by atoms with van der Waals surface area (Å²) in [7, 11) is 2.88. The van der Waals surface area contributed by atoms with E-state index in [9.17, 15) is 9.59 Å². The number of hydrogen-bond acceptors (Lipinski definition) is 8. The first kappa shape index (κ1) is 17.7. The lowest BCUT2D eigenvalue weighted by atomic mass is 10.1. The summed E-state index contributed by atoms with van der Waals surface area (Å²) in [6, 6.07) is 6.89. The lowest BCUT2D eigenvalue weighted by molar-refractivity contribution is -0.132. The molecule has 0 aliphatic carbocycles. The fourth-order valence-electron chi connectivity index (χ4n) is 2.30. The molecule has 0 unspecified atom stereocenters. The lowest BCUT2D eigenvalue weighted by Gasteiger charge is -2.13. The Bertz CT molecular complexity index is 889. The van der Waals surface area contributed by atoms with Gasteiger partial charge in [-0.3, -0.25) is 4.79 Å². The van der Waals surface area contributed by atoms with Gasteiger partial charge in [0.15, 0.2) is 17.2 Å². The summed E-state index contributed by atoms with van der Waals surface area (Å²) < 4.78 is 20.9. The van der Waals surface area contributed by atoms with Gasteiger partial charge in [0.2, 0.25) is 11.6 Å². The molecule has 26 heavy (non-hydrogen) atoms. The second-order valence-corrected chi connectivity index (χ2v) is 6.11. The minimum atomic E-state index is -0.546. The first-order chi connectivity index (χ1) is 12.5. The summed E-state index contributed by atoms with van der Waals surface area (Å²) in [5.74, 6) is -0.0266. The zero-order valence-electron chi connectivity index (χ0n) is 14.3. The Morgan fingerprint density at radius 3 is 2.46 bits per heavy atom. The molecule has 0 fully saturated rings. The molecule has 1 aromatic heterocycles. The number of benzene rings is 1. The van der Waals surface area contributed by atoms with Crippen molar-refractivity contribution in [2.24, 2.45) is 4.99 Å². The van der Waals surface area contributed by atoms with Crippen LogP contribution in [0, 0.1) is 0 Å². The Balaban J connectivity index is 2.00. The van der Waals surface area contributed by atoms with E-state index in [1.807, 2.05) is 17.5 Å². The molecule has 3 rings (SSSR count). The normalized spacial score (nSPS) is 14.8. The number of methoxy groups -OCH3 is 2. The van der Waals surface area contributed by atoms with Gasteiger partial charge in [0.1, 0.15) is 0 Å². The van der Waals surface area contributed by atoms with Crippen LogP contribution in [0.4, 0.5) is 0 Å². The van der Waals surface area contributed by atoms with E-state index in [-0.39, 0.29) is 17.3 Å². The number of nitrogens with zero attached hydrogens (tertiary/aromatic N) is 1. The monoisotopic (exact) mass is 373 g/mol. The highest BCUT2D eigenvalue weighted by Gasteiger charge is 2.25. The van der Waals surface area contributed by atoms with E-state index < -0.39 is 11.9 Å². The van der Waals surface area contributed by atoms with E-state index in [0.717, 1.165) is 4.88 Å². The van der Waals surface area contributed by atoms with E-state index in [1.165, 1.54) is 32.5 Å². The third-order valence-electron chi connectivity index (χ3n) is 3.38. The fraction of sp³-hybridized carbons (Fsp3) is 0.167. The molecule has 0 saturated carbocycles. The molecule has 8 heteroatoms. The molecular weight excluding hydrogens is 358 g/mol. The van der Waals surface area contributed by atoms with Crippen molar-refractivity contribution in [3.63, 3.8) is 0 Å². The molecule has 1 aliphatic rings. The predicted octanol–water partition coefficient (Wildman–Crippen LogP) is 3.04. The van der Waals surface area contributed by atoms with Crippen molar-refractivity contribution < 1.29 is 28.5 Å². The number of aliphatic imine (C=N–C) groups is 1. The SMILES string of the molecule is COc1cc(C=C2N=C(c3cccs3)OC2=O)cc(OC)c1OC(C)=O. The maximum Gasteiger partial charge on any atom is 0.363 e. The fourth-order valence-corrected chi connectivity index (χ4v) is 2.95. The second kappa shape index (κ2) is 7.40. The van der Waals surface area contributed by atoms with Crippen LogP contribution in [-0.2, 0) is 14.3 Å². The molecule has 0 saturated heterocycles. The van der Waals surface area contributed by atoms with Crippen molar-refractivity contribution >= 4 is 35.2 Å². The highest BCUT2D eigenvalue weighted by atomic mass is 32.1. The topological polar surface area (TPSA) is 83.4 Å². The lowest BCUT2D eigenvalue weighted by Crippen LogP contribution is -2.05. The molecule has 2 aromatic rings. The molecule has 2 heterocycles. The van der Waals surface area contributed by atoms with Gasteiger partial charge in [-0.25, -0.2) is 9.79 Å². The maximum atomic E-state index is 12.1. The summed E-state index contributed by atoms with van der Waals surface area (Å²) in [5, 5.41) is 1.87. The Morgan fingerprint density at radius 1 is 1.23 bits per heavy atom. The molecule has 1 aliphatic heterocycles. The van der Waals surface area contributed by atoms with Crippen LogP contribution in [0.1, 0.15) is 17.4 Å². The maximum absolute atomic E-state index is 12.1. The first-order valence-corrected chi connectivity index (χ1v) is 8.40. The largest absolute Gasteiger partial charge is 0.493 e. The number of carbonyl (C=O) groups excluding carboxylic acids is 2. The zero-order valence-corrected chi connectivity index (χ0v) is 15.1. The molecule has 0 amide bonds. The number of carbonyl (C=O) groups is 2. The van der Waals surface area contributed by atoms with Gasteiger partial charge >= 0.3 is 11.9 Å². The third-order valence-corrected chi connectivity index (χ3v) is 4.24. The smallest absolute Gasteiger partial charge is 0.363 e. The van der Waals surface area contributed by atoms with Crippen LogP contribution in [0.5, 0.6) is 17.2 Å². The van der Waals surface area contributed by atoms with Gasteiger partial charge in [-0.2, -0.15) is 0 Å². The Morgan fingerprint density at radius 2 is 1.92 bits per heavy atom. The Kier molecular flexibility index (Phi) is 5.04. The quantitative estimate of drug-likeness (QED) is 0.455. The van der Waals surface area contributed by atoms with Crippen molar-refractivity contribution in [2.75, 3.05) is 14.2 Å². The molecular formula is C18H15NO6S. The molecule has 0 radical (unpaired) electrons. The van der Waals surface area contributed by atoms with Crippen molar-refractivity contribution in [3.05, 3.63) is 45.8 Å². The van der Waals surface area contributed by atoms with Crippen LogP contribution in [0.2, 0.25) is 0 Å². The van der Waals surface area contributed by atoms with Gasteiger partial charge < -0.3 is 18.9 Å². The summed E-state index contributed by atoms with van der Waals surface area (Å²) in [6.07, 6.45) is 1.55. The summed E-state index contributed by atoms with van der Waals surface area (Å²) in [6.45, 7) is 1.28. The van der Waals surface area contributed by atoms with E-state index in [2.05, 4.69) is 4.99 Å². The zero-order chi connectivity index (χ0) is 18.7. The van der Waals surface area contributed by atoms with Gasteiger partial charge in [-0.05, 0) is 35.2 Å². The molecule has 134 valence electrons. The van der Waals surface area contributed by atoms with Crippen LogP contribution in [-0.4, -0.2) is 32.1 Å². The number of cyclic esters (lactones) is 1. The molecule has 1 aromatic carbocycles. The second-order valence-electron chi connectivity index (χ2n) is 5.16. The van der Waals surface area contributed by atoms with Gasteiger partial charge in [-0.1, -0.05) is 6.07 Å². The first-order valence-electron chi connectivity index (χ1n) is 7.52. The van der Waals surface area contributed by atoms with E-state index in [1.54, 1.807) is 18.2 Å². The van der Waals surface area contributed by atoms with Gasteiger partial charge in [0.25, 0.3) is 0 Å². The minimum absolute atomic E-state index is 0.151. The van der Waals surface area contributed by atoms with Crippen LogP contribution in [0.3, 0.4) is 0 Å². The number of ether oxygens (including phenoxy) is 4. The minimum Gasteiger partial charge on any atom is -0.493 e. The number of rotatable bonds is 5. The predicted molar refractivity (Wildman–Crippen MR) is 95.8 cm³/mol. The third kappa shape index (κ3) is 3.60. The van der Waals surface area contributed by atoms with Crippen molar-refractivity contribution in [3.8, 4) is 17.2 Å². The molecule has 0 N–H and O–H groups in total. The summed E-state index contributed by atoms with van der Waals surface area (Å²) in [4.78, 5) is 28.4. The Labute approximate surface area is 153 Å². The molecule has 0 bridgehead atoms. The van der Waals surface area contributed by atoms with Gasteiger partial charge in [0.05, 0.1) is 19.1 Å². The Hall–Kier alpha value is -3.13. The van der Waals surface area contributed by atoms with Gasteiger partial charge in [0, 0.05) is 6.92 Å². The number of esters is 2. The van der Waals surface area contributed by atoms with E-state index >= 15 is 0 Å². The average Bonchev–Trinajstić information content (AvgIpc) is 3.25. The van der Waals surface area contributed by atoms with Gasteiger partial charge in [-0.15, -0.1) is 11.3 Å². The van der Waals surface area contributed by atoms with Crippen molar-refractivity contribution in [1.29, 1.82) is 0 Å². The van der Waals surface area contributed by atoms with Crippen molar-refractivity contribution in [2.45, 2.75) is 6.92 Å². The van der Waals surface area contributed by atoms with Crippen LogP contribution >= 0.6 is 11.3 Å². The van der Waals surface area contributed by atoms with Crippen LogP contribution < -0.4 is 14.2 Å². The van der Waals surface area contributed by atoms with Crippen LogP contribution in [0.15, 0.2) is 40.3 Å². The molecule has 7 nitrogen and oxygen atoms in total. The molecule has 0 spiro atoms. The number of thiophene rings is 1. The van der Waals surface area contributed by atoms with E-state index in [4.69, 9.17) is 18.9 Å². The van der Waals surface area contributed by atoms with Crippen LogP contribution in [0.25, 0.3) is 6.08 Å². The number of hydrogen-bond donors (Lipinski definition) is 0. The highest BCUT2D eigenvalue weighted by Crippen LogP contribution is 2.39. The highest BCUT2D eigenvalue weighted by molar-refractivity contribution is 7.12. The van der Waals surface area contributed by atoms with E-state index in [0.29, 0.717) is 17.1 Å². The molecule has 0 atom stereocenters. The average molecular weight is 373 g/mol. The standard InChI is InChI=1S/C18H15NO6S/c1-10(20)24-16-13(22-2)8-11(9-14(16)23-3)7-12-18(21)25-17(19-12)15-5-4-6-26-15/h4-9H,1-3H3. The summed E-state index contributed by atoms with van der Waals surface area (Å²) >= 11 is 1.43.